The fourth-order valence-electron chi connectivity index (χ4n) is 3.73. The van der Waals surface area contributed by atoms with Crippen LogP contribution in [0.5, 0.6) is 0 Å². The summed E-state index contributed by atoms with van der Waals surface area (Å²) in [5, 5.41) is 3.92. The number of fused-ring (bicyclic) bond motifs is 1. The van der Waals surface area contributed by atoms with Gasteiger partial charge in [0, 0.05) is 30.7 Å². The molecule has 1 aromatic heterocycles. The number of amides is 2. The SMILES string of the molecule is CCc1ccc2nc(C)cc(C(=O)NCCN3CCC[C@@H](C(N)=O)C3)c2c1. The molecule has 2 amide bonds. The second kappa shape index (κ2) is 8.48. The molecule has 2 heterocycles. The Morgan fingerprint density at radius 1 is 1.33 bits per heavy atom. The Balaban J connectivity index is 1.66. The summed E-state index contributed by atoms with van der Waals surface area (Å²) < 4.78 is 0. The highest BCUT2D eigenvalue weighted by Crippen LogP contribution is 2.21. The first-order valence-electron chi connectivity index (χ1n) is 9.68. The standard InChI is InChI=1S/C21H28N4O2/c1-3-15-6-7-19-17(12-15)18(11-14(2)24-19)21(27)23-8-10-25-9-4-5-16(13-25)20(22)26/h6-7,11-12,16H,3-5,8-10,13H2,1-2H3,(H2,22,26)(H,23,27)/t16-/m1/s1. The number of aromatic nitrogens is 1. The number of pyridine rings is 1. The molecule has 3 N–H and O–H groups in total. The van der Waals surface area contributed by atoms with Crippen LogP contribution < -0.4 is 11.1 Å². The number of nitrogens with zero attached hydrogens (tertiary/aromatic N) is 2. The summed E-state index contributed by atoms with van der Waals surface area (Å²) in [7, 11) is 0. The smallest absolute Gasteiger partial charge is 0.252 e. The van der Waals surface area contributed by atoms with Crippen molar-refractivity contribution in [1.82, 2.24) is 15.2 Å². The quantitative estimate of drug-likeness (QED) is 0.817. The number of hydrogen-bond acceptors (Lipinski definition) is 4. The fraction of sp³-hybridized carbons (Fsp3) is 0.476. The van der Waals surface area contributed by atoms with Crippen molar-refractivity contribution in [2.45, 2.75) is 33.1 Å². The van der Waals surface area contributed by atoms with Crippen LogP contribution in [-0.2, 0) is 11.2 Å². The molecule has 6 heteroatoms. The lowest BCUT2D eigenvalue weighted by molar-refractivity contribution is -0.123. The van der Waals surface area contributed by atoms with Gasteiger partial charge in [-0.05, 0) is 56.5 Å². The fourth-order valence-corrected chi connectivity index (χ4v) is 3.73. The van der Waals surface area contributed by atoms with Gasteiger partial charge in [-0.15, -0.1) is 0 Å². The third-order valence-corrected chi connectivity index (χ3v) is 5.28. The molecule has 0 saturated carbocycles. The molecular weight excluding hydrogens is 340 g/mol. The van der Waals surface area contributed by atoms with Crippen LogP contribution in [0.1, 0.15) is 41.4 Å². The van der Waals surface area contributed by atoms with Crippen molar-refractivity contribution >= 4 is 22.7 Å². The average molecular weight is 368 g/mol. The Bertz CT molecular complexity index is 849. The Hall–Kier alpha value is -2.47. The van der Waals surface area contributed by atoms with E-state index in [2.05, 4.69) is 34.3 Å². The van der Waals surface area contributed by atoms with Crippen LogP contribution in [0.15, 0.2) is 24.3 Å². The molecule has 0 bridgehead atoms. The van der Waals surface area contributed by atoms with Gasteiger partial charge >= 0.3 is 0 Å². The molecule has 3 rings (SSSR count). The van der Waals surface area contributed by atoms with E-state index < -0.39 is 0 Å². The average Bonchev–Trinajstić information content (AvgIpc) is 2.67. The van der Waals surface area contributed by atoms with Crippen LogP contribution in [0.4, 0.5) is 0 Å². The van der Waals surface area contributed by atoms with Crippen molar-refractivity contribution in [1.29, 1.82) is 0 Å². The van der Waals surface area contributed by atoms with Gasteiger partial charge < -0.3 is 16.0 Å². The van der Waals surface area contributed by atoms with E-state index in [0.29, 0.717) is 18.7 Å². The minimum absolute atomic E-state index is 0.0753. The lowest BCUT2D eigenvalue weighted by atomic mass is 9.97. The second-order valence-electron chi connectivity index (χ2n) is 7.31. The van der Waals surface area contributed by atoms with Crippen molar-refractivity contribution in [2.24, 2.45) is 11.7 Å². The van der Waals surface area contributed by atoms with E-state index in [1.54, 1.807) is 0 Å². The van der Waals surface area contributed by atoms with E-state index in [-0.39, 0.29) is 17.7 Å². The molecule has 0 spiro atoms. The molecule has 1 aromatic carbocycles. The molecule has 1 aliphatic heterocycles. The van der Waals surface area contributed by atoms with Gasteiger partial charge in [-0.2, -0.15) is 0 Å². The molecular formula is C21H28N4O2. The van der Waals surface area contributed by atoms with Crippen molar-refractivity contribution < 1.29 is 9.59 Å². The number of primary amides is 1. The van der Waals surface area contributed by atoms with Crippen LogP contribution in [0.3, 0.4) is 0 Å². The van der Waals surface area contributed by atoms with E-state index in [9.17, 15) is 9.59 Å². The van der Waals surface area contributed by atoms with Crippen LogP contribution in [-0.4, -0.2) is 47.9 Å². The van der Waals surface area contributed by atoms with Crippen LogP contribution in [0.2, 0.25) is 0 Å². The Morgan fingerprint density at radius 2 is 2.15 bits per heavy atom. The molecule has 1 atom stereocenters. The minimum Gasteiger partial charge on any atom is -0.369 e. The summed E-state index contributed by atoms with van der Waals surface area (Å²) >= 11 is 0. The minimum atomic E-state index is -0.228. The van der Waals surface area contributed by atoms with Gasteiger partial charge in [0.2, 0.25) is 5.91 Å². The molecule has 0 radical (unpaired) electrons. The molecule has 1 saturated heterocycles. The zero-order valence-electron chi connectivity index (χ0n) is 16.1. The zero-order chi connectivity index (χ0) is 19.4. The third-order valence-electron chi connectivity index (χ3n) is 5.28. The molecule has 6 nitrogen and oxygen atoms in total. The topological polar surface area (TPSA) is 88.3 Å². The maximum Gasteiger partial charge on any atom is 0.252 e. The summed E-state index contributed by atoms with van der Waals surface area (Å²) in [6, 6.07) is 7.94. The molecule has 1 aliphatic rings. The van der Waals surface area contributed by atoms with Crippen molar-refractivity contribution in [3.05, 3.63) is 41.1 Å². The predicted octanol–water partition coefficient (Wildman–Crippen LogP) is 2.03. The lowest BCUT2D eigenvalue weighted by Crippen LogP contribution is -2.44. The third kappa shape index (κ3) is 4.63. The largest absolute Gasteiger partial charge is 0.369 e. The maximum atomic E-state index is 12.8. The summed E-state index contributed by atoms with van der Waals surface area (Å²) in [5.74, 6) is -0.384. The van der Waals surface area contributed by atoms with Gasteiger partial charge in [0.1, 0.15) is 0 Å². The molecule has 2 aromatic rings. The van der Waals surface area contributed by atoms with E-state index in [1.165, 1.54) is 5.56 Å². The number of benzene rings is 1. The number of piperidine rings is 1. The number of rotatable bonds is 6. The number of nitrogens with two attached hydrogens (primary N) is 1. The van der Waals surface area contributed by atoms with Gasteiger partial charge in [0.15, 0.2) is 0 Å². The van der Waals surface area contributed by atoms with Crippen molar-refractivity contribution in [2.75, 3.05) is 26.2 Å². The summed E-state index contributed by atoms with van der Waals surface area (Å²) in [4.78, 5) is 30.9. The number of carbonyl (C=O) groups is 2. The number of nitrogens with one attached hydrogen (secondary N) is 1. The molecule has 27 heavy (non-hydrogen) atoms. The highest BCUT2D eigenvalue weighted by molar-refractivity contribution is 6.06. The first kappa shape index (κ1) is 19.3. The Morgan fingerprint density at radius 3 is 2.89 bits per heavy atom. The molecule has 0 unspecified atom stereocenters. The van der Waals surface area contributed by atoms with Gasteiger partial charge in [-0.3, -0.25) is 14.6 Å². The van der Waals surface area contributed by atoms with E-state index in [0.717, 1.165) is 48.9 Å². The van der Waals surface area contributed by atoms with Crippen LogP contribution in [0, 0.1) is 12.8 Å². The van der Waals surface area contributed by atoms with E-state index in [1.807, 2.05) is 19.1 Å². The van der Waals surface area contributed by atoms with Crippen molar-refractivity contribution in [3.63, 3.8) is 0 Å². The van der Waals surface area contributed by atoms with Crippen LogP contribution in [0.25, 0.3) is 10.9 Å². The van der Waals surface area contributed by atoms with Crippen LogP contribution >= 0.6 is 0 Å². The van der Waals surface area contributed by atoms with Gasteiger partial charge in [0.25, 0.3) is 5.91 Å². The lowest BCUT2D eigenvalue weighted by Gasteiger charge is -2.31. The number of likely N-dealkylation sites (tertiary alicyclic amines) is 1. The molecule has 0 aliphatic carbocycles. The van der Waals surface area contributed by atoms with Gasteiger partial charge in [-0.1, -0.05) is 13.0 Å². The van der Waals surface area contributed by atoms with Gasteiger partial charge in [0.05, 0.1) is 17.0 Å². The monoisotopic (exact) mass is 368 g/mol. The second-order valence-corrected chi connectivity index (χ2v) is 7.31. The van der Waals surface area contributed by atoms with Gasteiger partial charge in [-0.25, -0.2) is 0 Å². The first-order valence-corrected chi connectivity index (χ1v) is 9.68. The van der Waals surface area contributed by atoms with E-state index in [4.69, 9.17) is 5.73 Å². The Labute approximate surface area is 160 Å². The first-order chi connectivity index (χ1) is 13.0. The van der Waals surface area contributed by atoms with E-state index >= 15 is 0 Å². The van der Waals surface area contributed by atoms with Crippen molar-refractivity contribution in [3.8, 4) is 0 Å². The zero-order valence-corrected chi connectivity index (χ0v) is 16.1. The number of carbonyl (C=O) groups excluding carboxylic acids is 2. The summed E-state index contributed by atoms with van der Waals surface area (Å²) in [5.41, 5.74) is 8.96. The molecule has 1 fully saturated rings. The highest BCUT2D eigenvalue weighted by atomic mass is 16.2. The normalized spacial score (nSPS) is 17.8. The number of aryl methyl sites for hydroxylation is 2. The highest BCUT2D eigenvalue weighted by Gasteiger charge is 2.23. The molecule has 144 valence electrons. The number of hydrogen-bond donors (Lipinski definition) is 2. The predicted molar refractivity (Wildman–Crippen MR) is 107 cm³/mol. The summed E-state index contributed by atoms with van der Waals surface area (Å²) in [6.07, 6.45) is 2.75. The maximum absolute atomic E-state index is 12.8. The Kier molecular flexibility index (Phi) is 6.06. The summed E-state index contributed by atoms with van der Waals surface area (Å²) in [6.45, 7) is 6.89.